The van der Waals surface area contributed by atoms with Crippen molar-refractivity contribution in [3.8, 4) is 0 Å². The molecule has 0 aliphatic carbocycles. The van der Waals surface area contributed by atoms with Crippen molar-refractivity contribution in [2.45, 2.75) is 38.9 Å². The zero-order valence-electron chi connectivity index (χ0n) is 11.3. The molecule has 2 heterocycles. The lowest BCUT2D eigenvalue weighted by Gasteiger charge is -2.18. The molecule has 98 valence electrons. The summed E-state index contributed by atoms with van der Waals surface area (Å²) in [5.41, 5.74) is 2.06. The van der Waals surface area contributed by atoms with E-state index in [1.54, 1.807) is 0 Å². The predicted octanol–water partition coefficient (Wildman–Crippen LogP) is 3.71. The number of hydrogen-bond donors (Lipinski definition) is 1. The van der Waals surface area contributed by atoms with Gasteiger partial charge in [0.15, 0.2) is 5.17 Å². The second-order valence-corrected chi connectivity index (χ2v) is 5.92. The van der Waals surface area contributed by atoms with Crippen LogP contribution in [0.15, 0.2) is 23.3 Å². The number of aliphatic imine (C=N–C) groups is 1. The molecule has 0 saturated carbocycles. The van der Waals surface area contributed by atoms with Gasteiger partial charge in [-0.25, -0.2) is 0 Å². The fourth-order valence-electron chi connectivity index (χ4n) is 2.18. The number of rotatable bonds is 4. The van der Waals surface area contributed by atoms with Crippen LogP contribution >= 0.6 is 11.8 Å². The highest BCUT2D eigenvalue weighted by molar-refractivity contribution is 8.15. The quantitative estimate of drug-likeness (QED) is 0.899. The lowest BCUT2D eigenvalue weighted by Crippen LogP contribution is -2.17. The lowest BCUT2D eigenvalue weighted by molar-refractivity contribution is 0.479. The second-order valence-electron chi connectivity index (χ2n) is 4.69. The summed E-state index contributed by atoms with van der Waals surface area (Å²) in [5, 5.41) is 5.03. The molecule has 0 amide bonds. The highest BCUT2D eigenvalue weighted by Crippen LogP contribution is 2.31. The molecule has 1 unspecified atom stereocenters. The average molecular weight is 263 g/mol. The van der Waals surface area contributed by atoms with Crippen LogP contribution < -0.4 is 5.32 Å². The van der Waals surface area contributed by atoms with Gasteiger partial charge in [0.05, 0.1) is 18.4 Å². The minimum absolute atomic E-state index is 0.640. The summed E-state index contributed by atoms with van der Waals surface area (Å²) in [6.45, 7) is 7.47. The molecule has 1 aliphatic rings. The van der Waals surface area contributed by atoms with Gasteiger partial charge in [-0.3, -0.25) is 9.98 Å². The van der Waals surface area contributed by atoms with Crippen molar-refractivity contribution in [2.24, 2.45) is 10.9 Å². The standard InChI is InChI=1S/C14H21N3S/c1-4-11(5-2)13-9-16-14(18-13)17-12-7-6-10(3)15-8-12/h6-8,11,13H,4-5,9H2,1-3H3,(H,16,17). The Hall–Kier alpha value is -1.03. The van der Waals surface area contributed by atoms with E-state index in [-0.39, 0.29) is 0 Å². The van der Waals surface area contributed by atoms with Crippen molar-refractivity contribution in [1.82, 2.24) is 4.98 Å². The molecular formula is C14H21N3S. The highest BCUT2D eigenvalue weighted by atomic mass is 32.2. The molecule has 3 nitrogen and oxygen atoms in total. The van der Waals surface area contributed by atoms with E-state index in [1.807, 2.05) is 30.9 Å². The van der Waals surface area contributed by atoms with E-state index in [0.717, 1.165) is 29.0 Å². The predicted molar refractivity (Wildman–Crippen MR) is 80.3 cm³/mol. The molecule has 1 aromatic heterocycles. The van der Waals surface area contributed by atoms with E-state index in [9.17, 15) is 0 Å². The van der Waals surface area contributed by atoms with E-state index in [4.69, 9.17) is 0 Å². The minimum Gasteiger partial charge on any atom is -0.334 e. The molecule has 1 aromatic rings. The Morgan fingerprint density at radius 1 is 1.39 bits per heavy atom. The van der Waals surface area contributed by atoms with Gasteiger partial charge in [0.25, 0.3) is 0 Å². The van der Waals surface area contributed by atoms with Crippen LogP contribution in [0.25, 0.3) is 0 Å². The zero-order valence-corrected chi connectivity index (χ0v) is 12.1. The summed E-state index contributed by atoms with van der Waals surface area (Å²) in [6.07, 6.45) is 4.34. The molecule has 0 saturated heterocycles. The minimum atomic E-state index is 0.640. The molecule has 2 rings (SSSR count). The molecule has 1 atom stereocenters. The fourth-order valence-corrected chi connectivity index (χ4v) is 3.52. The van der Waals surface area contributed by atoms with Gasteiger partial charge in [0.1, 0.15) is 0 Å². The molecular weight excluding hydrogens is 242 g/mol. The number of amidine groups is 1. The van der Waals surface area contributed by atoms with Gasteiger partial charge >= 0.3 is 0 Å². The maximum absolute atomic E-state index is 4.59. The van der Waals surface area contributed by atoms with Crippen molar-refractivity contribution >= 4 is 22.6 Å². The van der Waals surface area contributed by atoms with Crippen molar-refractivity contribution in [1.29, 1.82) is 0 Å². The van der Waals surface area contributed by atoms with Gasteiger partial charge < -0.3 is 5.32 Å². The smallest absolute Gasteiger partial charge is 0.161 e. The molecule has 0 bridgehead atoms. The van der Waals surface area contributed by atoms with E-state index < -0.39 is 0 Å². The Kier molecular flexibility index (Phi) is 4.64. The van der Waals surface area contributed by atoms with Crippen LogP contribution in [-0.2, 0) is 0 Å². The van der Waals surface area contributed by atoms with Gasteiger partial charge in [0.2, 0.25) is 0 Å². The number of anilines is 1. The van der Waals surface area contributed by atoms with Gasteiger partial charge in [-0.05, 0) is 25.0 Å². The molecule has 4 heteroatoms. The third-order valence-corrected chi connectivity index (χ3v) is 4.71. The first-order chi connectivity index (χ1) is 8.72. The first kappa shape index (κ1) is 13.4. The van der Waals surface area contributed by atoms with E-state index in [0.29, 0.717) is 5.25 Å². The summed E-state index contributed by atoms with van der Waals surface area (Å²) >= 11 is 1.88. The number of pyridine rings is 1. The summed E-state index contributed by atoms with van der Waals surface area (Å²) < 4.78 is 0. The van der Waals surface area contributed by atoms with Gasteiger partial charge in [-0.2, -0.15) is 0 Å². The van der Waals surface area contributed by atoms with Crippen LogP contribution in [0, 0.1) is 12.8 Å². The van der Waals surface area contributed by atoms with Crippen LogP contribution in [0.5, 0.6) is 0 Å². The first-order valence-electron chi connectivity index (χ1n) is 6.63. The zero-order chi connectivity index (χ0) is 13.0. The third kappa shape index (κ3) is 3.25. The van der Waals surface area contributed by atoms with E-state index in [1.165, 1.54) is 12.8 Å². The van der Waals surface area contributed by atoms with Gasteiger partial charge in [-0.15, -0.1) is 0 Å². The molecule has 0 fully saturated rings. The Labute approximate surface area is 113 Å². The molecule has 0 spiro atoms. The van der Waals surface area contributed by atoms with Crippen LogP contribution in [0.1, 0.15) is 32.4 Å². The third-order valence-electron chi connectivity index (χ3n) is 3.42. The normalized spacial score (nSPS) is 19.1. The van der Waals surface area contributed by atoms with Crippen LogP contribution in [0.4, 0.5) is 5.69 Å². The monoisotopic (exact) mass is 263 g/mol. The maximum Gasteiger partial charge on any atom is 0.161 e. The number of nitrogens with one attached hydrogen (secondary N) is 1. The lowest BCUT2D eigenvalue weighted by atomic mass is 9.99. The van der Waals surface area contributed by atoms with E-state index in [2.05, 4.69) is 35.2 Å². The number of aromatic nitrogens is 1. The van der Waals surface area contributed by atoms with Gasteiger partial charge in [-0.1, -0.05) is 38.5 Å². The molecule has 1 N–H and O–H groups in total. The van der Waals surface area contributed by atoms with Crippen LogP contribution in [-0.4, -0.2) is 21.9 Å². The topological polar surface area (TPSA) is 37.3 Å². The van der Waals surface area contributed by atoms with Gasteiger partial charge in [0, 0.05) is 10.9 Å². The Morgan fingerprint density at radius 2 is 2.17 bits per heavy atom. The molecule has 1 aliphatic heterocycles. The second kappa shape index (κ2) is 6.23. The molecule has 0 aromatic carbocycles. The fraction of sp³-hybridized carbons (Fsp3) is 0.571. The van der Waals surface area contributed by atoms with Crippen molar-refractivity contribution < 1.29 is 0 Å². The van der Waals surface area contributed by atoms with Crippen molar-refractivity contribution in [2.75, 3.05) is 11.9 Å². The number of nitrogens with zero attached hydrogens (tertiary/aromatic N) is 2. The maximum atomic E-state index is 4.59. The van der Waals surface area contributed by atoms with Crippen LogP contribution in [0.2, 0.25) is 0 Å². The molecule has 0 radical (unpaired) electrons. The van der Waals surface area contributed by atoms with Crippen LogP contribution in [0.3, 0.4) is 0 Å². The SMILES string of the molecule is CCC(CC)C1CN=C(Nc2ccc(C)nc2)S1. The first-order valence-corrected chi connectivity index (χ1v) is 7.51. The summed E-state index contributed by atoms with van der Waals surface area (Å²) in [4.78, 5) is 8.87. The Bertz CT molecular complexity index is 410. The Balaban J connectivity index is 1.91. The Morgan fingerprint density at radius 3 is 2.78 bits per heavy atom. The number of thioether (sulfide) groups is 1. The van der Waals surface area contributed by atoms with Crippen molar-refractivity contribution in [3.63, 3.8) is 0 Å². The molecule has 18 heavy (non-hydrogen) atoms. The van der Waals surface area contributed by atoms with E-state index >= 15 is 0 Å². The summed E-state index contributed by atoms with van der Waals surface area (Å²) in [5.74, 6) is 0.772. The average Bonchev–Trinajstić information content (AvgIpc) is 2.82. The largest absolute Gasteiger partial charge is 0.334 e. The number of aryl methyl sites for hydroxylation is 1. The highest BCUT2D eigenvalue weighted by Gasteiger charge is 2.25. The summed E-state index contributed by atoms with van der Waals surface area (Å²) in [7, 11) is 0. The number of hydrogen-bond acceptors (Lipinski definition) is 4. The summed E-state index contributed by atoms with van der Waals surface area (Å²) in [6, 6.07) is 4.07. The van der Waals surface area contributed by atoms with Crippen molar-refractivity contribution in [3.05, 3.63) is 24.0 Å².